The van der Waals surface area contributed by atoms with Crippen molar-refractivity contribution in [3.63, 3.8) is 0 Å². The van der Waals surface area contributed by atoms with Crippen LogP contribution >= 0.6 is 11.6 Å². The van der Waals surface area contributed by atoms with Crippen LogP contribution in [0.1, 0.15) is 16.1 Å². The molecule has 9 heteroatoms. The minimum absolute atomic E-state index is 0.0229. The van der Waals surface area contributed by atoms with E-state index in [4.69, 9.17) is 22.2 Å². The number of primary amides is 1. The number of rotatable bonds is 6. The maximum atomic E-state index is 12.6. The highest BCUT2D eigenvalue weighted by Crippen LogP contribution is 2.29. The molecule has 0 spiro atoms. The van der Waals surface area contributed by atoms with Gasteiger partial charge >= 0.3 is 0 Å². The van der Waals surface area contributed by atoms with E-state index in [0.29, 0.717) is 10.5 Å². The topological polar surface area (TPSA) is 114 Å². The van der Waals surface area contributed by atoms with E-state index in [1.165, 1.54) is 6.07 Å². The van der Waals surface area contributed by atoms with Crippen molar-refractivity contribution >= 4 is 38.4 Å². The highest BCUT2D eigenvalue weighted by Gasteiger charge is 2.27. The Morgan fingerprint density at radius 2 is 1.92 bits per heavy atom. The van der Waals surface area contributed by atoms with Gasteiger partial charge in [0.05, 0.1) is 6.61 Å². The zero-order valence-corrected chi connectivity index (χ0v) is 14.4. The summed E-state index contributed by atoms with van der Waals surface area (Å²) >= 11 is 5.94. The van der Waals surface area contributed by atoms with Crippen LogP contribution in [0, 0.1) is 0 Å². The molecule has 0 bridgehead atoms. The number of H-pyrrole nitrogens is 1. The molecular weight excluding hydrogens is 366 g/mol. The fraction of sp³-hybridized carbons (Fsp3) is 0.0625. The Hall–Kier alpha value is -2.39. The number of benzene rings is 2. The van der Waals surface area contributed by atoms with Gasteiger partial charge in [-0.1, -0.05) is 46.8 Å². The maximum Gasteiger partial charge on any atom is 0.266 e. The van der Waals surface area contributed by atoms with E-state index >= 15 is 0 Å². The van der Waals surface area contributed by atoms with Gasteiger partial charge in [-0.3, -0.25) is 9.63 Å². The van der Waals surface area contributed by atoms with Gasteiger partial charge in [0.15, 0.2) is 0 Å². The van der Waals surface area contributed by atoms with Crippen molar-refractivity contribution in [2.45, 2.75) is 11.5 Å². The molecule has 1 amide bonds. The van der Waals surface area contributed by atoms with Gasteiger partial charge in [-0.15, -0.1) is 0 Å². The van der Waals surface area contributed by atoms with Crippen molar-refractivity contribution in [3.05, 3.63) is 64.8 Å². The lowest BCUT2D eigenvalue weighted by Crippen LogP contribution is -2.26. The Labute approximate surface area is 148 Å². The largest absolute Gasteiger partial charge is 0.364 e. The molecule has 1 heterocycles. The molecule has 3 rings (SSSR count). The Bertz CT molecular complexity index is 1030. The highest BCUT2D eigenvalue weighted by molar-refractivity contribution is 7.89. The number of nitrogens with one attached hydrogen (secondary N) is 2. The van der Waals surface area contributed by atoms with Crippen LogP contribution in [-0.4, -0.2) is 19.3 Å². The quantitative estimate of drug-likeness (QED) is 0.570. The van der Waals surface area contributed by atoms with Crippen LogP contribution in [0.15, 0.2) is 53.4 Å². The number of aromatic nitrogens is 1. The van der Waals surface area contributed by atoms with Gasteiger partial charge in [-0.05, 0) is 23.8 Å². The zero-order chi connectivity index (χ0) is 18.0. The number of hydrogen-bond acceptors (Lipinski definition) is 4. The molecule has 0 fully saturated rings. The molecule has 0 radical (unpaired) electrons. The molecule has 0 aliphatic carbocycles. The monoisotopic (exact) mass is 379 g/mol. The number of aromatic amines is 1. The van der Waals surface area contributed by atoms with Crippen LogP contribution in [0.2, 0.25) is 5.02 Å². The van der Waals surface area contributed by atoms with Gasteiger partial charge in [0.1, 0.15) is 10.6 Å². The molecule has 4 N–H and O–H groups in total. The van der Waals surface area contributed by atoms with E-state index in [1.807, 2.05) is 11.0 Å². The number of nitrogens with two attached hydrogens (primary N) is 1. The van der Waals surface area contributed by atoms with Crippen LogP contribution < -0.4 is 10.6 Å². The van der Waals surface area contributed by atoms with E-state index in [0.717, 1.165) is 5.56 Å². The normalized spacial score (nSPS) is 11.7. The minimum Gasteiger partial charge on any atom is -0.364 e. The third-order valence-electron chi connectivity index (χ3n) is 3.48. The number of amides is 1. The molecule has 130 valence electrons. The number of carbonyl (C=O) groups excluding carboxylic acids is 1. The number of fused-ring (bicyclic) bond motifs is 1. The molecule has 2 aromatic carbocycles. The second-order valence-electron chi connectivity index (χ2n) is 5.24. The molecule has 3 aromatic rings. The van der Waals surface area contributed by atoms with Crippen molar-refractivity contribution in [1.29, 1.82) is 0 Å². The number of hydrogen-bond donors (Lipinski definition) is 3. The number of carbonyl (C=O) groups is 1. The van der Waals surface area contributed by atoms with Crippen LogP contribution in [0.4, 0.5) is 0 Å². The number of sulfonamides is 1. The molecular formula is C16H14ClN3O4S. The Kier molecular flexibility index (Phi) is 4.78. The van der Waals surface area contributed by atoms with Crippen LogP contribution in [-0.2, 0) is 21.5 Å². The fourth-order valence-electron chi connectivity index (χ4n) is 2.40. The van der Waals surface area contributed by atoms with Crippen LogP contribution in [0.25, 0.3) is 10.9 Å². The summed E-state index contributed by atoms with van der Waals surface area (Å²) in [4.78, 5) is 21.1. The summed E-state index contributed by atoms with van der Waals surface area (Å²) in [5.74, 6) is -0.907. The van der Waals surface area contributed by atoms with E-state index in [9.17, 15) is 13.2 Å². The van der Waals surface area contributed by atoms with Gasteiger partial charge in [0, 0.05) is 15.9 Å². The van der Waals surface area contributed by atoms with Gasteiger partial charge in [0.25, 0.3) is 15.9 Å². The molecule has 0 aliphatic heterocycles. The maximum absolute atomic E-state index is 12.6. The Morgan fingerprint density at radius 1 is 1.20 bits per heavy atom. The second kappa shape index (κ2) is 6.85. The molecule has 1 aromatic heterocycles. The highest BCUT2D eigenvalue weighted by atomic mass is 35.5. The zero-order valence-electron chi connectivity index (χ0n) is 12.8. The van der Waals surface area contributed by atoms with Crippen molar-refractivity contribution in [3.8, 4) is 0 Å². The first-order chi connectivity index (χ1) is 11.9. The summed E-state index contributed by atoms with van der Waals surface area (Å²) in [6, 6.07) is 13.6. The first kappa shape index (κ1) is 17.4. The lowest BCUT2D eigenvalue weighted by molar-refractivity contribution is 0.0794. The minimum atomic E-state index is -4.17. The standard InChI is InChI=1S/C16H14ClN3O4S/c17-11-6-7-13-12(8-11)15(14(19-13)16(18)21)25(22,23)20-24-9-10-4-2-1-3-5-10/h1-8,19-20H,9H2,(H2,18,21). The predicted molar refractivity (Wildman–Crippen MR) is 93.4 cm³/mol. The average Bonchev–Trinajstić information content (AvgIpc) is 2.95. The summed E-state index contributed by atoms with van der Waals surface area (Å²) in [6.45, 7) is 0.0229. The summed E-state index contributed by atoms with van der Waals surface area (Å²) < 4.78 is 25.3. The van der Waals surface area contributed by atoms with E-state index in [2.05, 4.69) is 4.98 Å². The molecule has 7 nitrogen and oxygen atoms in total. The molecule has 25 heavy (non-hydrogen) atoms. The van der Waals surface area contributed by atoms with E-state index in [1.54, 1.807) is 36.4 Å². The van der Waals surface area contributed by atoms with Crippen LogP contribution in [0.3, 0.4) is 0 Å². The molecule has 0 saturated heterocycles. The summed E-state index contributed by atoms with van der Waals surface area (Å²) in [7, 11) is -4.17. The van der Waals surface area contributed by atoms with Gasteiger partial charge < -0.3 is 10.7 Å². The third-order valence-corrected chi connectivity index (χ3v) is 5.01. The lowest BCUT2D eigenvalue weighted by atomic mass is 10.2. The summed E-state index contributed by atoms with van der Waals surface area (Å²) in [6.07, 6.45) is 0. The fourth-order valence-corrected chi connectivity index (χ4v) is 3.75. The molecule has 0 aliphatic rings. The first-order valence-electron chi connectivity index (χ1n) is 7.17. The molecule has 0 unspecified atom stereocenters. The smallest absolute Gasteiger partial charge is 0.266 e. The summed E-state index contributed by atoms with van der Waals surface area (Å²) in [5.41, 5.74) is 6.25. The van der Waals surface area contributed by atoms with Crippen molar-refractivity contribution < 1.29 is 18.0 Å². The number of halogens is 1. The Balaban J connectivity index is 1.94. The predicted octanol–water partition coefficient (Wildman–Crippen LogP) is 2.33. The van der Waals surface area contributed by atoms with Gasteiger partial charge in [-0.2, -0.15) is 0 Å². The second-order valence-corrected chi connectivity index (χ2v) is 7.26. The third kappa shape index (κ3) is 3.67. The summed E-state index contributed by atoms with van der Waals surface area (Å²) in [5, 5.41) is 0.571. The van der Waals surface area contributed by atoms with Crippen molar-refractivity contribution in [2.75, 3.05) is 0 Å². The Morgan fingerprint density at radius 3 is 2.60 bits per heavy atom. The van der Waals surface area contributed by atoms with Gasteiger partial charge in [0.2, 0.25) is 0 Å². The van der Waals surface area contributed by atoms with E-state index < -0.39 is 15.9 Å². The SMILES string of the molecule is NC(=O)c1[nH]c2ccc(Cl)cc2c1S(=O)(=O)NOCc1ccccc1. The van der Waals surface area contributed by atoms with Crippen LogP contribution in [0.5, 0.6) is 0 Å². The molecule has 0 saturated carbocycles. The van der Waals surface area contributed by atoms with Crippen molar-refractivity contribution in [2.24, 2.45) is 5.73 Å². The average molecular weight is 380 g/mol. The van der Waals surface area contributed by atoms with E-state index in [-0.39, 0.29) is 22.6 Å². The first-order valence-corrected chi connectivity index (χ1v) is 9.03. The lowest BCUT2D eigenvalue weighted by Gasteiger charge is -2.08. The molecule has 0 atom stereocenters. The van der Waals surface area contributed by atoms with Crippen molar-refractivity contribution in [1.82, 2.24) is 9.87 Å². The van der Waals surface area contributed by atoms with Gasteiger partial charge in [-0.25, -0.2) is 8.42 Å².